The van der Waals surface area contributed by atoms with Gasteiger partial charge in [-0.25, -0.2) is 0 Å². The summed E-state index contributed by atoms with van der Waals surface area (Å²) in [6.45, 7) is 2.84. The Morgan fingerprint density at radius 3 is 2.70 bits per heavy atom. The van der Waals surface area contributed by atoms with E-state index in [-0.39, 0.29) is 18.3 Å². The van der Waals surface area contributed by atoms with Gasteiger partial charge >= 0.3 is 0 Å². The van der Waals surface area contributed by atoms with Crippen molar-refractivity contribution in [3.63, 3.8) is 0 Å². The first-order valence-electron chi connectivity index (χ1n) is 9.65. The maximum Gasteiger partial charge on any atom is 0.140 e. The lowest BCUT2D eigenvalue weighted by Crippen LogP contribution is -2.91. The van der Waals surface area contributed by atoms with Crippen molar-refractivity contribution in [3.05, 3.63) is 71.9 Å². The van der Waals surface area contributed by atoms with Crippen LogP contribution >= 0.6 is 0 Å². The smallest absolute Gasteiger partial charge is 0.140 e. The van der Waals surface area contributed by atoms with E-state index in [0.717, 1.165) is 6.54 Å². The van der Waals surface area contributed by atoms with Crippen molar-refractivity contribution in [2.24, 2.45) is 0 Å². The standard InChI is InChI=1S/C22H24N2O3/c1-2-6-15(7-3-1)12-25-20-14-27-21-19(13-26-22(20)21)24-11-16-10-23-18-9-5-4-8-17(16)18/h1-10,19-24H,11-14H2/p+1/t19-,20+,21+,22+/m0/s1. The second-order valence-electron chi connectivity index (χ2n) is 7.39. The van der Waals surface area contributed by atoms with Crippen LogP contribution in [0, 0.1) is 0 Å². The lowest BCUT2D eigenvalue weighted by atomic mass is 10.1. The number of fused-ring (bicyclic) bond motifs is 2. The van der Waals surface area contributed by atoms with Gasteiger partial charge in [0.05, 0.1) is 13.2 Å². The van der Waals surface area contributed by atoms with Gasteiger partial charge in [-0.1, -0.05) is 48.5 Å². The molecule has 0 bridgehead atoms. The van der Waals surface area contributed by atoms with Crippen molar-refractivity contribution in [1.82, 2.24) is 4.98 Å². The van der Waals surface area contributed by atoms with Crippen LogP contribution in [0.15, 0.2) is 60.8 Å². The fraction of sp³-hybridized carbons (Fsp3) is 0.364. The van der Waals surface area contributed by atoms with E-state index < -0.39 is 0 Å². The molecular weight excluding hydrogens is 340 g/mol. The Morgan fingerprint density at radius 1 is 0.963 bits per heavy atom. The van der Waals surface area contributed by atoms with Crippen LogP contribution in [0.3, 0.4) is 0 Å². The molecule has 5 nitrogen and oxygen atoms in total. The highest BCUT2D eigenvalue weighted by Crippen LogP contribution is 2.28. The lowest BCUT2D eigenvalue weighted by molar-refractivity contribution is -0.707. The average Bonchev–Trinajstić information content (AvgIpc) is 3.41. The van der Waals surface area contributed by atoms with Crippen molar-refractivity contribution < 1.29 is 19.5 Å². The van der Waals surface area contributed by atoms with Crippen molar-refractivity contribution >= 4 is 10.9 Å². The highest BCUT2D eigenvalue weighted by Gasteiger charge is 2.50. The minimum absolute atomic E-state index is 0.0155. The lowest BCUT2D eigenvalue weighted by Gasteiger charge is -2.16. The normalized spacial score (nSPS) is 27.3. The summed E-state index contributed by atoms with van der Waals surface area (Å²) in [5.41, 5.74) is 3.69. The van der Waals surface area contributed by atoms with Crippen LogP contribution in [0.5, 0.6) is 0 Å². The minimum Gasteiger partial charge on any atom is -0.368 e. The highest BCUT2D eigenvalue weighted by atomic mass is 16.6. The summed E-state index contributed by atoms with van der Waals surface area (Å²) in [6, 6.07) is 19.0. The highest BCUT2D eigenvalue weighted by molar-refractivity contribution is 5.82. The fourth-order valence-electron chi connectivity index (χ4n) is 4.20. The van der Waals surface area contributed by atoms with Gasteiger partial charge in [-0.15, -0.1) is 0 Å². The van der Waals surface area contributed by atoms with Crippen molar-refractivity contribution in [2.75, 3.05) is 13.2 Å². The second kappa shape index (κ2) is 7.44. The molecular formula is C22H25N2O3+. The first-order chi connectivity index (χ1) is 13.4. The van der Waals surface area contributed by atoms with Gasteiger partial charge in [-0.3, -0.25) is 0 Å². The van der Waals surface area contributed by atoms with Gasteiger partial charge in [0.25, 0.3) is 0 Å². The number of ether oxygens (including phenoxy) is 3. The SMILES string of the molecule is c1ccc(CO[C@@H]2CO[C@H]3[C@@H]2OC[C@@H]3[NH2+]Cc2c[nH]c3ccccc23)cc1. The van der Waals surface area contributed by atoms with Crippen molar-refractivity contribution in [1.29, 1.82) is 0 Å². The molecule has 2 saturated heterocycles. The van der Waals surface area contributed by atoms with Crippen LogP contribution in [0.2, 0.25) is 0 Å². The maximum atomic E-state index is 6.09. The summed E-state index contributed by atoms with van der Waals surface area (Å²) in [6.07, 6.45) is 2.27. The number of para-hydroxylation sites is 1. The Kier molecular flexibility index (Phi) is 4.67. The predicted octanol–water partition coefficient (Wildman–Crippen LogP) is 1.98. The van der Waals surface area contributed by atoms with Gasteiger partial charge in [0.15, 0.2) is 0 Å². The van der Waals surface area contributed by atoms with E-state index in [4.69, 9.17) is 14.2 Å². The van der Waals surface area contributed by atoms with Crippen LogP contribution in [0.1, 0.15) is 11.1 Å². The monoisotopic (exact) mass is 365 g/mol. The minimum atomic E-state index is 0.0155. The van der Waals surface area contributed by atoms with E-state index >= 15 is 0 Å². The third-order valence-electron chi connectivity index (χ3n) is 5.67. The van der Waals surface area contributed by atoms with Crippen LogP contribution in [-0.2, 0) is 27.4 Å². The third kappa shape index (κ3) is 3.39. The van der Waals surface area contributed by atoms with E-state index in [1.165, 1.54) is 22.0 Å². The molecule has 2 aromatic carbocycles. The Balaban J connectivity index is 1.18. The predicted molar refractivity (Wildman–Crippen MR) is 102 cm³/mol. The van der Waals surface area contributed by atoms with Gasteiger partial charge in [0.2, 0.25) is 0 Å². The molecule has 4 atom stereocenters. The Morgan fingerprint density at radius 2 is 1.78 bits per heavy atom. The van der Waals surface area contributed by atoms with Crippen LogP contribution in [-0.4, -0.2) is 42.6 Å². The van der Waals surface area contributed by atoms with Crippen LogP contribution in [0.25, 0.3) is 10.9 Å². The number of nitrogens with two attached hydrogens (primary N) is 1. The van der Waals surface area contributed by atoms with Gasteiger partial charge in [0.1, 0.15) is 37.5 Å². The van der Waals surface area contributed by atoms with E-state index in [1.807, 2.05) is 18.2 Å². The molecule has 5 heteroatoms. The Labute approximate surface area is 158 Å². The topological polar surface area (TPSA) is 60.1 Å². The fourth-order valence-corrected chi connectivity index (χ4v) is 4.20. The number of aromatic nitrogens is 1. The molecule has 1 aromatic heterocycles. The summed E-state index contributed by atoms with van der Waals surface area (Å²) in [7, 11) is 0. The molecule has 3 heterocycles. The first-order valence-corrected chi connectivity index (χ1v) is 9.65. The summed E-state index contributed by atoms with van der Waals surface area (Å²) in [4.78, 5) is 3.35. The molecule has 0 unspecified atom stereocenters. The van der Waals surface area contributed by atoms with E-state index in [9.17, 15) is 0 Å². The van der Waals surface area contributed by atoms with E-state index in [0.29, 0.717) is 25.9 Å². The molecule has 3 aromatic rings. The van der Waals surface area contributed by atoms with Gasteiger partial charge in [-0.05, 0) is 11.6 Å². The molecule has 140 valence electrons. The molecule has 0 amide bonds. The quantitative estimate of drug-likeness (QED) is 0.702. The number of hydrogen-bond acceptors (Lipinski definition) is 3. The van der Waals surface area contributed by atoms with Gasteiger partial charge in [-0.2, -0.15) is 0 Å². The number of aromatic amines is 1. The van der Waals surface area contributed by atoms with Crippen molar-refractivity contribution in [3.8, 4) is 0 Å². The summed E-state index contributed by atoms with van der Waals surface area (Å²) in [5, 5.41) is 3.64. The average molecular weight is 365 g/mol. The molecule has 0 spiro atoms. The number of nitrogens with one attached hydrogen (secondary N) is 1. The summed E-state index contributed by atoms with van der Waals surface area (Å²) >= 11 is 0. The number of H-pyrrole nitrogens is 1. The van der Waals surface area contributed by atoms with Crippen molar-refractivity contribution in [2.45, 2.75) is 37.5 Å². The van der Waals surface area contributed by atoms with Crippen LogP contribution < -0.4 is 5.32 Å². The molecule has 0 radical (unpaired) electrons. The Hall–Kier alpha value is -2.18. The molecule has 5 rings (SSSR count). The molecule has 2 aliphatic rings. The first kappa shape index (κ1) is 17.0. The number of benzene rings is 2. The summed E-state index contributed by atoms with van der Waals surface area (Å²) < 4.78 is 18.2. The molecule has 3 N–H and O–H groups in total. The zero-order chi connectivity index (χ0) is 18.1. The van der Waals surface area contributed by atoms with Gasteiger partial charge < -0.3 is 24.5 Å². The maximum absolute atomic E-state index is 6.09. The molecule has 2 fully saturated rings. The van der Waals surface area contributed by atoms with Crippen LogP contribution in [0.4, 0.5) is 0 Å². The number of quaternary nitrogens is 1. The zero-order valence-electron chi connectivity index (χ0n) is 15.2. The third-order valence-corrected chi connectivity index (χ3v) is 5.67. The largest absolute Gasteiger partial charge is 0.368 e. The Bertz CT molecular complexity index is 895. The second-order valence-corrected chi connectivity index (χ2v) is 7.39. The molecule has 0 saturated carbocycles. The van der Waals surface area contributed by atoms with E-state index in [2.05, 4.69) is 52.9 Å². The zero-order valence-corrected chi connectivity index (χ0v) is 15.2. The van der Waals surface area contributed by atoms with E-state index in [1.54, 1.807) is 0 Å². The number of rotatable bonds is 6. The van der Waals surface area contributed by atoms with Gasteiger partial charge in [0, 0.05) is 22.7 Å². The molecule has 2 aliphatic heterocycles. The molecule has 0 aliphatic carbocycles. The number of hydrogen-bond donors (Lipinski definition) is 2. The summed E-state index contributed by atoms with van der Waals surface area (Å²) in [5.74, 6) is 0. The molecule has 27 heavy (non-hydrogen) atoms.